The Morgan fingerprint density at radius 2 is 1.73 bits per heavy atom. The molecule has 30 heavy (non-hydrogen) atoms. The van der Waals surface area contributed by atoms with Gasteiger partial charge in [0.15, 0.2) is 0 Å². The lowest BCUT2D eigenvalue weighted by Crippen LogP contribution is -2.10. The highest BCUT2D eigenvalue weighted by Crippen LogP contribution is 2.28. The number of amides is 1. The molecule has 2 heterocycles. The van der Waals surface area contributed by atoms with Crippen LogP contribution < -0.4 is 5.32 Å². The van der Waals surface area contributed by atoms with Gasteiger partial charge in [-0.15, -0.1) is 0 Å². The van der Waals surface area contributed by atoms with Gasteiger partial charge in [-0.1, -0.05) is 18.2 Å². The van der Waals surface area contributed by atoms with Crippen molar-refractivity contribution in [1.29, 1.82) is 5.26 Å². The second-order valence-corrected chi connectivity index (χ2v) is 6.73. The fourth-order valence-corrected chi connectivity index (χ4v) is 3.28. The number of fused-ring (bicyclic) bond motifs is 1. The number of nitriles is 1. The molecule has 1 amide bonds. The van der Waals surface area contributed by atoms with Crippen LogP contribution >= 0.6 is 0 Å². The molecule has 0 spiro atoms. The van der Waals surface area contributed by atoms with Gasteiger partial charge in [0, 0.05) is 18.7 Å². The van der Waals surface area contributed by atoms with Crippen molar-refractivity contribution in [3.8, 4) is 28.5 Å². The van der Waals surface area contributed by atoms with Crippen molar-refractivity contribution >= 4 is 23.2 Å². The first-order valence-electron chi connectivity index (χ1n) is 9.09. The second kappa shape index (κ2) is 7.53. The summed E-state index contributed by atoms with van der Waals surface area (Å²) in [6.07, 6.45) is 3.67. The van der Waals surface area contributed by atoms with Crippen LogP contribution in [-0.2, 0) is 4.79 Å². The number of aromatic nitrogens is 2. The molecule has 2 aromatic carbocycles. The highest BCUT2D eigenvalue weighted by Gasteiger charge is 2.14. The molecule has 2 aromatic heterocycles. The second-order valence-electron chi connectivity index (χ2n) is 6.73. The van der Waals surface area contributed by atoms with E-state index >= 15 is 0 Å². The third-order valence-electron chi connectivity index (χ3n) is 4.71. The van der Waals surface area contributed by atoms with Crippen molar-refractivity contribution in [2.75, 3.05) is 5.32 Å². The molecule has 4 rings (SSSR count). The van der Waals surface area contributed by atoms with E-state index in [4.69, 9.17) is 5.26 Å². The molecule has 0 saturated heterocycles. The van der Waals surface area contributed by atoms with Gasteiger partial charge in [0.2, 0.25) is 5.91 Å². The number of hydrogen-bond acceptors (Lipinski definition) is 4. The van der Waals surface area contributed by atoms with Crippen LogP contribution in [0, 0.1) is 11.3 Å². The lowest BCUT2D eigenvalue weighted by molar-refractivity contribution is -0.114. The van der Waals surface area contributed by atoms with E-state index in [1.807, 2.05) is 34.9 Å². The predicted molar refractivity (Wildman–Crippen MR) is 112 cm³/mol. The Bertz CT molecular complexity index is 1330. The van der Waals surface area contributed by atoms with Gasteiger partial charge in [-0.05, 0) is 47.5 Å². The van der Waals surface area contributed by atoms with Gasteiger partial charge in [-0.3, -0.25) is 9.20 Å². The van der Waals surface area contributed by atoms with Gasteiger partial charge in [0.25, 0.3) is 0 Å². The Labute approximate surface area is 171 Å². The fourth-order valence-electron chi connectivity index (χ4n) is 3.28. The van der Waals surface area contributed by atoms with Crippen LogP contribution in [0.1, 0.15) is 22.8 Å². The number of carbonyl (C=O) groups is 2. The minimum absolute atomic E-state index is 0.0240. The maximum atomic E-state index is 11.5. The first kappa shape index (κ1) is 18.9. The SMILES string of the molecule is CC(=O)Nc1cc(-c2ccc3ncc(-c4ccc(C#N)cc4)n3c2)ccc1C(=O)O. The Balaban J connectivity index is 1.81. The summed E-state index contributed by atoms with van der Waals surface area (Å²) in [4.78, 5) is 27.4. The minimum Gasteiger partial charge on any atom is -0.478 e. The van der Waals surface area contributed by atoms with Gasteiger partial charge in [-0.25, -0.2) is 9.78 Å². The number of aromatic carboxylic acids is 1. The molecule has 7 heteroatoms. The summed E-state index contributed by atoms with van der Waals surface area (Å²) in [7, 11) is 0. The molecule has 146 valence electrons. The number of nitrogens with zero attached hydrogens (tertiary/aromatic N) is 3. The van der Waals surface area contributed by atoms with E-state index in [0.717, 1.165) is 28.0 Å². The summed E-state index contributed by atoms with van der Waals surface area (Å²) < 4.78 is 1.93. The zero-order chi connectivity index (χ0) is 21.3. The molecule has 0 aliphatic heterocycles. The average Bonchev–Trinajstić information content (AvgIpc) is 3.16. The third kappa shape index (κ3) is 3.50. The Morgan fingerprint density at radius 3 is 2.40 bits per heavy atom. The number of carboxylic acids is 1. The summed E-state index contributed by atoms with van der Waals surface area (Å²) in [6, 6.07) is 17.9. The van der Waals surface area contributed by atoms with Crippen LogP contribution in [0.4, 0.5) is 5.69 Å². The molecule has 0 aliphatic carbocycles. The molecule has 0 unspecified atom stereocenters. The maximum absolute atomic E-state index is 11.5. The average molecular weight is 396 g/mol. The number of benzene rings is 2. The highest BCUT2D eigenvalue weighted by atomic mass is 16.4. The Hall–Kier alpha value is -4.44. The molecule has 7 nitrogen and oxygen atoms in total. The number of anilines is 1. The van der Waals surface area contributed by atoms with Crippen LogP contribution in [0.5, 0.6) is 0 Å². The van der Waals surface area contributed by atoms with Crippen LogP contribution in [0.2, 0.25) is 0 Å². The minimum atomic E-state index is -1.11. The quantitative estimate of drug-likeness (QED) is 0.538. The molecular formula is C23H16N4O3. The van der Waals surface area contributed by atoms with Crippen molar-refractivity contribution in [2.24, 2.45) is 0 Å². The summed E-state index contributed by atoms with van der Waals surface area (Å²) >= 11 is 0. The smallest absolute Gasteiger partial charge is 0.337 e. The summed E-state index contributed by atoms with van der Waals surface area (Å²) in [5.41, 5.74) is 4.96. The van der Waals surface area contributed by atoms with Gasteiger partial charge < -0.3 is 10.4 Å². The highest BCUT2D eigenvalue weighted by molar-refractivity contribution is 6.01. The molecule has 0 saturated carbocycles. The molecule has 2 N–H and O–H groups in total. The Morgan fingerprint density at radius 1 is 1.03 bits per heavy atom. The normalized spacial score (nSPS) is 10.5. The molecule has 0 aliphatic rings. The summed E-state index contributed by atoms with van der Waals surface area (Å²) in [6.45, 7) is 1.33. The van der Waals surface area contributed by atoms with Gasteiger partial charge in [-0.2, -0.15) is 5.26 Å². The van der Waals surface area contributed by atoms with Crippen molar-refractivity contribution in [3.63, 3.8) is 0 Å². The van der Waals surface area contributed by atoms with E-state index in [2.05, 4.69) is 16.4 Å². The lowest BCUT2D eigenvalue weighted by Gasteiger charge is -2.11. The number of pyridine rings is 1. The predicted octanol–water partition coefficient (Wildman–Crippen LogP) is 4.20. The van der Waals surface area contributed by atoms with Crippen LogP contribution in [0.15, 0.2) is 67.0 Å². The van der Waals surface area contributed by atoms with Crippen molar-refractivity contribution < 1.29 is 14.7 Å². The van der Waals surface area contributed by atoms with Gasteiger partial charge in [0.1, 0.15) is 5.65 Å². The number of carbonyl (C=O) groups excluding carboxylic acids is 1. The molecule has 0 atom stereocenters. The fraction of sp³-hybridized carbons (Fsp3) is 0.0435. The molecular weight excluding hydrogens is 380 g/mol. The number of imidazole rings is 1. The van der Waals surface area contributed by atoms with Crippen molar-refractivity contribution in [1.82, 2.24) is 9.38 Å². The molecule has 0 radical (unpaired) electrons. The van der Waals surface area contributed by atoms with Crippen LogP contribution in [0.25, 0.3) is 28.0 Å². The van der Waals surface area contributed by atoms with E-state index in [-0.39, 0.29) is 17.2 Å². The van der Waals surface area contributed by atoms with Gasteiger partial charge in [0.05, 0.1) is 34.8 Å². The summed E-state index contributed by atoms with van der Waals surface area (Å²) in [5, 5.41) is 20.9. The van der Waals surface area contributed by atoms with Crippen LogP contribution in [0.3, 0.4) is 0 Å². The topological polar surface area (TPSA) is 107 Å². The van der Waals surface area contributed by atoms with E-state index in [1.165, 1.54) is 13.0 Å². The maximum Gasteiger partial charge on any atom is 0.337 e. The molecule has 0 fully saturated rings. The largest absolute Gasteiger partial charge is 0.478 e. The molecule has 0 bridgehead atoms. The standard InChI is InChI=1S/C23H16N4O3/c1-14(28)26-20-10-17(6-8-19(20)23(29)30)18-7-9-22-25-12-21(27(22)13-18)16-4-2-15(11-24)3-5-16/h2-10,12-13H,1H3,(H,26,28)(H,29,30). The molecule has 4 aromatic rings. The van der Waals surface area contributed by atoms with E-state index < -0.39 is 5.97 Å². The number of hydrogen-bond donors (Lipinski definition) is 2. The summed E-state index contributed by atoms with van der Waals surface area (Å²) in [5.74, 6) is -1.46. The van der Waals surface area contributed by atoms with E-state index in [1.54, 1.807) is 30.5 Å². The van der Waals surface area contributed by atoms with E-state index in [0.29, 0.717) is 5.56 Å². The number of nitrogens with one attached hydrogen (secondary N) is 1. The third-order valence-corrected chi connectivity index (χ3v) is 4.71. The number of carboxylic acid groups (broad SMARTS) is 1. The first-order valence-corrected chi connectivity index (χ1v) is 9.09. The van der Waals surface area contributed by atoms with E-state index in [9.17, 15) is 14.7 Å². The van der Waals surface area contributed by atoms with Crippen molar-refractivity contribution in [2.45, 2.75) is 6.92 Å². The number of rotatable bonds is 4. The first-order chi connectivity index (χ1) is 14.5. The zero-order valence-electron chi connectivity index (χ0n) is 16.0. The monoisotopic (exact) mass is 396 g/mol. The van der Waals surface area contributed by atoms with Crippen molar-refractivity contribution in [3.05, 3.63) is 78.1 Å². The van der Waals surface area contributed by atoms with Gasteiger partial charge >= 0.3 is 5.97 Å². The lowest BCUT2D eigenvalue weighted by atomic mass is 10.0. The zero-order valence-corrected chi connectivity index (χ0v) is 16.0. The van der Waals surface area contributed by atoms with Crippen LogP contribution in [-0.4, -0.2) is 26.4 Å². The Kier molecular flexibility index (Phi) is 4.74.